The molecule has 0 N–H and O–H groups in total. The molecule has 0 amide bonds. The minimum absolute atomic E-state index is 0.406. The van der Waals surface area contributed by atoms with E-state index in [-0.39, 0.29) is 0 Å². The highest BCUT2D eigenvalue weighted by Gasteiger charge is 2.25. The molecular weight excluding hydrogens is 253 g/mol. The maximum Gasteiger partial charge on any atom is 0.274 e. The lowest BCUT2D eigenvalue weighted by molar-refractivity contribution is 0.423. The van der Waals surface area contributed by atoms with Crippen LogP contribution in [0.1, 0.15) is 0 Å². The first-order chi connectivity index (χ1) is 8.63. The second kappa shape index (κ2) is 5.28. The molecule has 0 atom stereocenters. The molecule has 4 heteroatoms. The summed E-state index contributed by atoms with van der Waals surface area (Å²) in [6.45, 7) is 0. The van der Waals surface area contributed by atoms with Gasteiger partial charge in [0.25, 0.3) is 6.08 Å². The zero-order chi connectivity index (χ0) is 13.0. The van der Waals surface area contributed by atoms with Crippen LogP contribution in [0.3, 0.4) is 0 Å². The second-order valence-electron chi connectivity index (χ2n) is 3.75. The van der Waals surface area contributed by atoms with Crippen molar-refractivity contribution in [2.45, 2.75) is 0 Å². The third-order valence-corrected chi connectivity index (χ3v) is 5.25. The summed E-state index contributed by atoms with van der Waals surface area (Å²) in [6, 6.07) is 16.7. The van der Waals surface area contributed by atoms with E-state index in [1.54, 1.807) is 60.7 Å². The molecule has 0 aliphatic carbocycles. The lowest BCUT2D eigenvalue weighted by Gasteiger charge is -2.14. The van der Waals surface area contributed by atoms with Crippen LogP contribution in [0.4, 0.5) is 8.78 Å². The maximum atomic E-state index is 12.9. The summed E-state index contributed by atoms with van der Waals surface area (Å²) < 4.78 is 38.1. The molecule has 0 spiro atoms. The van der Waals surface area contributed by atoms with E-state index >= 15 is 0 Å². The van der Waals surface area contributed by atoms with Gasteiger partial charge in [-0.25, -0.2) is 0 Å². The van der Waals surface area contributed by atoms with Crippen molar-refractivity contribution in [3.8, 4) is 0 Å². The van der Waals surface area contributed by atoms with E-state index in [0.29, 0.717) is 16.4 Å². The van der Waals surface area contributed by atoms with E-state index in [4.69, 9.17) is 0 Å². The van der Waals surface area contributed by atoms with E-state index in [1.807, 2.05) is 0 Å². The summed E-state index contributed by atoms with van der Waals surface area (Å²) in [5.74, 6) is 0.567. The molecule has 92 valence electrons. The number of benzene rings is 2. The van der Waals surface area contributed by atoms with E-state index < -0.39 is 13.2 Å². The smallest absolute Gasteiger partial charge is 0.274 e. The second-order valence-corrected chi connectivity index (χ2v) is 6.35. The highest BCUT2D eigenvalue weighted by Crippen LogP contribution is 2.46. The Kier molecular flexibility index (Phi) is 3.73. The summed E-state index contributed by atoms with van der Waals surface area (Å²) in [6.07, 6.45) is -1.92. The predicted octanol–water partition coefficient (Wildman–Crippen LogP) is 3.74. The van der Waals surface area contributed by atoms with Crippen LogP contribution in [0.25, 0.3) is 0 Å². The van der Waals surface area contributed by atoms with Crippen molar-refractivity contribution >= 4 is 17.8 Å². The fourth-order valence-electron chi connectivity index (χ4n) is 1.73. The molecule has 0 aliphatic heterocycles. The lowest BCUT2D eigenvalue weighted by Crippen LogP contribution is -2.14. The molecule has 0 fully saturated rings. The minimum atomic E-state index is -3.39. The number of rotatable bonds is 3. The quantitative estimate of drug-likeness (QED) is 0.772. The molecular formula is C14H11F2OP. The molecule has 18 heavy (non-hydrogen) atoms. The van der Waals surface area contributed by atoms with Crippen molar-refractivity contribution in [1.29, 1.82) is 0 Å². The summed E-state index contributed by atoms with van der Waals surface area (Å²) in [5, 5.41) is 0.813. The summed E-state index contributed by atoms with van der Waals surface area (Å²) >= 11 is 0. The standard InChI is InChI=1S/C14H11F2OP/c15-14(16)11-18(17,12-7-3-1-4-8-12)13-9-5-2-6-10-13/h1-11H. The molecule has 2 rings (SSSR count). The highest BCUT2D eigenvalue weighted by molar-refractivity contribution is 7.81. The van der Waals surface area contributed by atoms with Gasteiger partial charge in [-0.2, -0.15) is 8.78 Å². The van der Waals surface area contributed by atoms with Crippen LogP contribution in [0.2, 0.25) is 0 Å². The van der Waals surface area contributed by atoms with Gasteiger partial charge >= 0.3 is 0 Å². The molecule has 2 aromatic rings. The Labute approximate surface area is 104 Å². The molecule has 0 radical (unpaired) electrons. The summed E-state index contributed by atoms with van der Waals surface area (Å²) in [7, 11) is -3.39. The van der Waals surface area contributed by atoms with Gasteiger partial charge in [0.05, 0.1) is 0 Å². The average Bonchev–Trinajstić information content (AvgIpc) is 2.40. The van der Waals surface area contributed by atoms with Gasteiger partial charge in [-0.15, -0.1) is 0 Å². The summed E-state index contributed by atoms with van der Waals surface area (Å²) in [4.78, 5) is 0. The topological polar surface area (TPSA) is 17.1 Å². The third kappa shape index (κ3) is 2.57. The number of hydrogen-bond donors (Lipinski definition) is 0. The Morgan fingerprint density at radius 1 is 0.833 bits per heavy atom. The Morgan fingerprint density at radius 3 is 1.56 bits per heavy atom. The number of hydrogen-bond acceptors (Lipinski definition) is 1. The van der Waals surface area contributed by atoms with Gasteiger partial charge in [-0.1, -0.05) is 60.7 Å². The van der Waals surface area contributed by atoms with Crippen molar-refractivity contribution in [1.82, 2.24) is 0 Å². The molecule has 2 aromatic carbocycles. The maximum absolute atomic E-state index is 12.9. The number of halogens is 2. The molecule has 0 bridgehead atoms. The van der Waals surface area contributed by atoms with Gasteiger partial charge in [0.15, 0.2) is 7.14 Å². The highest BCUT2D eigenvalue weighted by atomic mass is 31.2. The van der Waals surface area contributed by atoms with Crippen LogP contribution in [0.5, 0.6) is 0 Å². The molecule has 0 aliphatic rings. The zero-order valence-electron chi connectivity index (χ0n) is 9.46. The first-order valence-corrected chi connectivity index (χ1v) is 7.15. The predicted molar refractivity (Wildman–Crippen MR) is 70.1 cm³/mol. The molecule has 0 saturated heterocycles. The van der Waals surface area contributed by atoms with Crippen molar-refractivity contribution in [2.24, 2.45) is 0 Å². The van der Waals surface area contributed by atoms with Gasteiger partial charge in [0.2, 0.25) is 0 Å². The SMILES string of the molecule is O=P(C=C(F)F)(c1ccccc1)c1ccccc1. The fraction of sp³-hybridized carbons (Fsp3) is 0. The lowest BCUT2D eigenvalue weighted by atomic mass is 10.4. The van der Waals surface area contributed by atoms with E-state index in [0.717, 1.165) is 0 Å². The van der Waals surface area contributed by atoms with Crippen LogP contribution in [0.15, 0.2) is 72.6 Å². The van der Waals surface area contributed by atoms with E-state index in [2.05, 4.69) is 0 Å². The van der Waals surface area contributed by atoms with Crippen molar-refractivity contribution in [3.63, 3.8) is 0 Å². The van der Waals surface area contributed by atoms with Crippen LogP contribution in [-0.2, 0) is 4.57 Å². The molecule has 0 heterocycles. The molecule has 0 aromatic heterocycles. The van der Waals surface area contributed by atoms with Gasteiger partial charge in [-0.05, 0) is 0 Å². The Bertz CT molecular complexity index is 546. The fourth-order valence-corrected chi connectivity index (χ4v) is 3.84. The van der Waals surface area contributed by atoms with E-state index in [9.17, 15) is 13.3 Å². The molecule has 1 nitrogen and oxygen atoms in total. The van der Waals surface area contributed by atoms with Crippen molar-refractivity contribution in [2.75, 3.05) is 0 Å². The monoisotopic (exact) mass is 264 g/mol. The zero-order valence-corrected chi connectivity index (χ0v) is 10.4. The van der Waals surface area contributed by atoms with Crippen molar-refractivity contribution in [3.05, 3.63) is 72.6 Å². The van der Waals surface area contributed by atoms with Gasteiger partial charge in [0, 0.05) is 16.4 Å². The summed E-state index contributed by atoms with van der Waals surface area (Å²) in [5.41, 5.74) is 0. The van der Waals surface area contributed by atoms with Crippen LogP contribution in [-0.4, -0.2) is 0 Å². The van der Waals surface area contributed by atoms with Crippen LogP contribution >= 0.6 is 7.14 Å². The van der Waals surface area contributed by atoms with Gasteiger partial charge in [0.1, 0.15) is 0 Å². The third-order valence-electron chi connectivity index (χ3n) is 2.56. The first kappa shape index (κ1) is 12.7. The first-order valence-electron chi connectivity index (χ1n) is 5.38. The Balaban J connectivity index is 2.63. The average molecular weight is 264 g/mol. The van der Waals surface area contributed by atoms with E-state index in [1.165, 1.54) is 0 Å². The normalized spacial score (nSPS) is 11.0. The van der Waals surface area contributed by atoms with Crippen molar-refractivity contribution < 1.29 is 13.3 Å². The minimum Gasteiger partial charge on any atom is -0.309 e. The Morgan fingerprint density at radius 2 is 1.22 bits per heavy atom. The molecule has 0 saturated carbocycles. The largest absolute Gasteiger partial charge is 0.309 e. The molecule has 0 unspecified atom stereocenters. The van der Waals surface area contributed by atoms with Gasteiger partial charge in [-0.3, -0.25) is 0 Å². The Hall–Kier alpha value is -1.73. The van der Waals surface area contributed by atoms with Gasteiger partial charge < -0.3 is 4.57 Å². The van der Waals surface area contributed by atoms with Crippen LogP contribution in [0, 0.1) is 0 Å². The van der Waals surface area contributed by atoms with Crippen LogP contribution < -0.4 is 10.6 Å².